The molecule has 2 aromatic carbocycles. The number of carbonyl (C=O) groups excluding carboxylic acids is 1. The van der Waals surface area contributed by atoms with Crippen molar-refractivity contribution in [3.05, 3.63) is 53.3 Å². The van der Waals surface area contributed by atoms with Gasteiger partial charge in [-0.1, -0.05) is 56.9 Å². The SMILES string of the molecule is CCCCCC1CCC(C(=O)Oc2ccc(-c3ccc(C)c(C(F)F)c3F)cc2)CC1. The van der Waals surface area contributed by atoms with E-state index in [2.05, 4.69) is 6.92 Å². The number of unbranched alkanes of at least 4 members (excludes halogenated alkanes) is 2. The van der Waals surface area contributed by atoms with Crippen molar-refractivity contribution in [1.82, 2.24) is 0 Å². The first kappa shape index (κ1) is 23.4. The van der Waals surface area contributed by atoms with Crippen LogP contribution in [0.25, 0.3) is 11.1 Å². The Kier molecular flexibility index (Phi) is 8.16. The van der Waals surface area contributed by atoms with Gasteiger partial charge in [-0.3, -0.25) is 4.79 Å². The van der Waals surface area contributed by atoms with Crippen molar-refractivity contribution >= 4 is 5.97 Å². The van der Waals surface area contributed by atoms with Gasteiger partial charge in [-0.15, -0.1) is 0 Å². The van der Waals surface area contributed by atoms with Crippen molar-refractivity contribution in [2.24, 2.45) is 11.8 Å². The van der Waals surface area contributed by atoms with Crippen LogP contribution in [0.4, 0.5) is 13.2 Å². The van der Waals surface area contributed by atoms with Gasteiger partial charge in [0.2, 0.25) is 0 Å². The van der Waals surface area contributed by atoms with Gasteiger partial charge in [-0.05, 0) is 61.8 Å². The highest BCUT2D eigenvalue weighted by Crippen LogP contribution is 2.35. The lowest BCUT2D eigenvalue weighted by atomic mass is 9.80. The van der Waals surface area contributed by atoms with Crippen LogP contribution in [-0.2, 0) is 4.79 Å². The van der Waals surface area contributed by atoms with E-state index in [0.717, 1.165) is 31.6 Å². The van der Waals surface area contributed by atoms with E-state index in [1.807, 2.05) is 0 Å². The Labute approximate surface area is 182 Å². The number of ether oxygens (including phenoxy) is 1. The smallest absolute Gasteiger partial charge is 0.314 e. The molecule has 0 aromatic heterocycles. The van der Waals surface area contributed by atoms with Crippen molar-refractivity contribution < 1.29 is 22.7 Å². The molecule has 1 aliphatic rings. The highest BCUT2D eigenvalue weighted by Gasteiger charge is 2.27. The molecule has 5 heteroatoms. The van der Waals surface area contributed by atoms with E-state index >= 15 is 0 Å². The van der Waals surface area contributed by atoms with Crippen molar-refractivity contribution in [2.45, 2.75) is 71.6 Å². The number of hydrogen-bond acceptors (Lipinski definition) is 2. The maximum Gasteiger partial charge on any atom is 0.314 e. The van der Waals surface area contributed by atoms with Crippen LogP contribution < -0.4 is 4.74 Å². The Morgan fingerprint density at radius 3 is 2.32 bits per heavy atom. The maximum atomic E-state index is 14.6. The number of rotatable bonds is 8. The summed E-state index contributed by atoms with van der Waals surface area (Å²) in [6, 6.07) is 9.35. The molecule has 0 radical (unpaired) electrons. The predicted molar refractivity (Wildman–Crippen MR) is 117 cm³/mol. The zero-order valence-corrected chi connectivity index (χ0v) is 18.3. The lowest BCUT2D eigenvalue weighted by Gasteiger charge is -2.27. The van der Waals surface area contributed by atoms with Crippen LogP contribution in [0.1, 0.15) is 75.8 Å². The van der Waals surface area contributed by atoms with E-state index < -0.39 is 17.8 Å². The third-order valence-electron chi connectivity index (χ3n) is 6.40. The fraction of sp³-hybridized carbons (Fsp3) is 0.500. The van der Waals surface area contributed by atoms with Gasteiger partial charge >= 0.3 is 5.97 Å². The summed E-state index contributed by atoms with van der Waals surface area (Å²) in [5.41, 5.74) is 0.229. The summed E-state index contributed by atoms with van der Waals surface area (Å²) in [5, 5.41) is 0. The number of benzene rings is 2. The number of halogens is 3. The largest absolute Gasteiger partial charge is 0.426 e. The lowest BCUT2D eigenvalue weighted by molar-refractivity contribution is -0.140. The first-order valence-electron chi connectivity index (χ1n) is 11.3. The van der Waals surface area contributed by atoms with Gasteiger partial charge in [0.15, 0.2) is 0 Å². The van der Waals surface area contributed by atoms with E-state index in [9.17, 15) is 18.0 Å². The summed E-state index contributed by atoms with van der Waals surface area (Å²) in [7, 11) is 0. The molecule has 0 spiro atoms. The zero-order chi connectivity index (χ0) is 22.4. The Morgan fingerprint density at radius 1 is 1.03 bits per heavy atom. The van der Waals surface area contributed by atoms with Gasteiger partial charge in [0, 0.05) is 5.56 Å². The second kappa shape index (κ2) is 10.8. The Hall–Kier alpha value is -2.30. The van der Waals surface area contributed by atoms with Crippen LogP contribution in [0.3, 0.4) is 0 Å². The first-order chi connectivity index (χ1) is 14.9. The molecular formula is C26H31F3O2. The molecule has 0 amide bonds. The van der Waals surface area contributed by atoms with Crippen LogP contribution in [0.5, 0.6) is 5.75 Å². The minimum absolute atomic E-state index is 0.0785. The van der Waals surface area contributed by atoms with Crippen molar-refractivity contribution in [1.29, 1.82) is 0 Å². The quantitative estimate of drug-likeness (QED) is 0.240. The maximum absolute atomic E-state index is 14.6. The van der Waals surface area contributed by atoms with Crippen molar-refractivity contribution in [3.8, 4) is 16.9 Å². The molecule has 1 saturated carbocycles. The molecule has 0 atom stereocenters. The Bertz CT molecular complexity index is 869. The normalized spacial score (nSPS) is 18.9. The monoisotopic (exact) mass is 432 g/mol. The minimum Gasteiger partial charge on any atom is -0.426 e. The third-order valence-corrected chi connectivity index (χ3v) is 6.40. The van der Waals surface area contributed by atoms with E-state index in [0.29, 0.717) is 11.3 Å². The number of aryl methyl sites for hydroxylation is 1. The van der Waals surface area contributed by atoms with Crippen molar-refractivity contribution in [3.63, 3.8) is 0 Å². The van der Waals surface area contributed by atoms with E-state index in [-0.39, 0.29) is 23.0 Å². The number of carbonyl (C=O) groups is 1. The summed E-state index contributed by atoms with van der Waals surface area (Å²) in [6.07, 6.45) is 6.00. The summed E-state index contributed by atoms with van der Waals surface area (Å²) in [6.45, 7) is 3.67. The molecule has 0 saturated heterocycles. The molecule has 0 heterocycles. The Balaban J connectivity index is 1.59. The van der Waals surface area contributed by atoms with Crippen LogP contribution >= 0.6 is 0 Å². The van der Waals surface area contributed by atoms with E-state index in [4.69, 9.17) is 4.74 Å². The molecule has 168 valence electrons. The van der Waals surface area contributed by atoms with E-state index in [1.54, 1.807) is 24.3 Å². The highest BCUT2D eigenvalue weighted by molar-refractivity contribution is 5.75. The van der Waals surface area contributed by atoms with Gasteiger partial charge in [-0.25, -0.2) is 13.2 Å². The second-order valence-electron chi connectivity index (χ2n) is 8.62. The predicted octanol–water partition coefficient (Wildman–Crippen LogP) is 8.03. The average molecular weight is 433 g/mol. The fourth-order valence-electron chi connectivity index (χ4n) is 4.45. The molecule has 1 aliphatic carbocycles. The van der Waals surface area contributed by atoms with E-state index in [1.165, 1.54) is 44.7 Å². The van der Waals surface area contributed by atoms with Crippen LogP contribution in [-0.4, -0.2) is 5.97 Å². The highest BCUT2D eigenvalue weighted by atomic mass is 19.3. The Morgan fingerprint density at radius 2 is 1.71 bits per heavy atom. The summed E-state index contributed by atoms with van der Waals surface area (Å²) in [5.74, 6) is -0.0974. The number of esters is 1. The molecule has 3 rings (SSSR count). The molecule has 0 aliphatic heterocycles. The van der Waals surface area contributed by atoms with Gasteiger partial charge in [0.25, 0.3) is 6.43 Å². The van der Waals surface area contributed by atoms with Crippen molar-refractivity contribution in [2.75, 3.05) is 0 Å². The summed E-state index contributed by atoms with van der Waals surface area (Å²) >= 11 is 0. The van der Waals surface area contributed by atoms with Gasteiger partial charge in [0.1, 0.15) is 11.6 Å². The van der Waals surface area contributed by atoms with Gasteiger partial charge in [-0.2, -0.15) is 0 Å². The summed E-state index contributed by atoms with van der Waals surface area (Å²) in [4.78, 5) is 12.5. The standard InChI is InChI=1S/C26H31F3O2/c1-3-4-5-6-18-8-10-20(11-9-18)26(30)31-21-14-12-19(13-15-21)22-16-7-17(2)23(24(22)27)25(28)29/h7,12-16,18,20,25H,3-6,8-11H2,1-2H3. The summed E-state index contributed by atoms with van der Waals surface area (Å²) < 4.78 is 46.5. The third kappa shape index (κ3) is 5.90. The molecule has 2 aromatic rings. The lowest BCUT2D eigenvalue weighted by Crippen LogP contribution is -2.25. The molecule has 0 bridgehead atoms. The van der Waals surface area contributed by atoms with Gasteiger partial charge < -0.3 is 4.74 Å². The molecule has 1 fully saturated rings. The topological polar surface area (TPSA) is 26.3 Å². The minimum atomic E-state index is -2.87. The van der Waals surface area contributed by atoms with Crippen LogP contribution in [0, 0.1) is 24.6 Å². The number of alkyl halides is 2. The molecule has 2 nitrogen and oxygen atoms in total. The van der Waals surface area contributed by atoms with Gasteiger partial charge in [0.05, 0.1) is 11.5 Å². The molecular weight excluding hydrogens is 401 g/mol. The molecule has 0 N–H and O–H groups in total. The molecule has 0 unspecified atom stereocenters. The first-order valence-corrected chi connectivity index (χ1v) is 11.3. The van der Waals surface area contributed by atoms with Crippen LogP contribution in [0.2, 0.25) is 0 Å². The molecule has 31 heavy (non-hydrogen) atoms. The second-order valence-corrected chi connectivity index (χ2v) is 8.62. The fourth-order valence-corrected chi connectivity index (χ4v) is 4.45. The van der Waals surface area contributed by atoms with Crippen LogP contribution in [0.15, 0.2) is 36.4 Å². The average Bonchev–Trinajstić information content (AvgIpc) is 2.75. The zero-order valence-electron chi connectivity index (χ0n) is 18.3. The number of hydrogen-bond donors (Lipinski definition) is 0.